The summed E-state index contributed by atoms with van der Waals surface area (Å²) >= 11 is 0. The van der Waals surface area contributed by atoms with Gasteiger partial charge in [-0.3, -0.25) is 0 Å². The van der Waals surface area contributed by atoms with E-state index in [0.717, 1.165) is 11.1 Å². The molecule has 2 rings (SSSR count). The Hall–Kier alpha value is -1.11. The number of nitrogens with one attached hydrogen (secondary N) is 1. The highest BCUT2D eigenvalue weighted by atomic mass is 32.2. The molecule has 0 amide bonds. The zero-order valence-corrected chi connectivity index (χ0v) is 13.0. The Balaban J connectivity index is 2.33. The van der Waals surface area contributed by atoms with Gasteiger partial charge >= 0.3 is 0 Å². The summed E-state index contributed by atoms with van der Waals surface area (Å²) in [7, 11) is -3.62. The van der Waals surface area contributed by atoms with Crippen LogP contribution in [0.25, 0.3) is 0 Å². The number of nitrogens with two attached hydrogens (primary N) is 1. The Bertz CT molecular complexity index is 605. The predicted molar refractivity (Wildman–Crippen MR) is 79.1 cm³/mol. The third-order valence-electron chi connectivity index (χ3n) is 3.89. The van der Waals surface area contributed by atoms with Gasteiger partial charge in [0.1, 0.15) is 4.90 Å². The standard InChI is InChI=1S/C14H22N2O3S/c1-10-8-12(15)13(9-11(10)2)20(17,18)16-14(3)4-6-19-7-5-14/h8-9,16H,4-7,15H2,1-3H3. The fourth-order valence-corrected chi connectivity index (χ4v) is 4.01. The molecule has 0 bridgehead atoms. The first-order chi connectivity index (χ1) is 9.23. The molecule has 0 radical (unpaired) electrons. The lowest BCUT2D eigenvalue weighted by Crippen LogP contribution is -2.49. The summed E-state index contributed by atoms with van der Waals surface area (Å²) in [5.41, 5.74) is 7.60. The number of ether oxygens (including phenoxy) is 1. The Kier molecular flexibility index (Phi) is 4.09. The van der Waals surface area contributed by atoms with E-state index in [2.05, 4.69) is 4.72 Å². The Labute approximate surface area is 120 Å². The lowest BCUT2D eigenvalue weighted by molar-refractivity contribution is 0.0537. The summed E-state index contributed by atoms with van der Waals surface area (Å²) in [5, 5.41) is 0. The molecule has 0 spiro atoms. The van der Waals surface area contributed by atoms with Crippen molar-refractivity contribution in [3.8, 4) is 0 Å². The molecule has 3 N–H and O–H groups in total. The van der Waals surface area contributed by atoms with E-state index in [1.807, 2.05) is 20.8 Å². The van der Waals surface area contributed by atoms with Crippen LogP contribution in [0.3, 0.4) is 0 Å². The first-order valence-corrected chi connectivity index (χ1v) is 8.20. The molecule has 1 aliphatic heterocycles. The molecule has 0 aromatic heterocycles. The highest BCUT2D eigenvalue weighted by Gasteiger charge is 2.33. The number of nitrogen functional groups attached to an aromatic ring is 1. The molecule has 1 heterocycles. The van der Waals surface area contributed by atoms with E-state index in [4.69, 9.17) is 10.5 Å². The molecular weight excluding hydrogens is 276 g/mol. The lowest BCUT2D eigenvalue weighted by Gasteiger charge is -2.34. The van der Waals surface area contributed by atoms with Crippen LogP contribution in [-0.4, -0.2) is 27.2 Å². The molecule has 1 saturated heterocycles. The molecule has 0 aliphatic carbocycles. The summed E-state index contributed by atoms with van der Waals surface area (Å²) in [4.78, 5) is 0.160. The van der Waals surface area contributed by atoms with Crippen molar-refractivity contribution in [1.29, 1.82) is 0 Å². The summed E-state index contributed by atoms with van der Waals surface area (Å²) in [6.45, 7) is 6.84. The van der Waals surface area contributed by atoms with Gasteiger partial charge in [0, 0.05) is 18.8 Å². The maximum absolute atomic E-state index is 12.6. The van der Waals surface area contributed by atoms with Crippen LogP contribution in [0.2, 0.25) is 0 Å². The van der Waals surface area contributed by atoms with Crippen molar-refractivity contribution in [2.45, 2.75) is 44.0 Å². The van der Waals surface area contributed by atoms with E-state index in [9.17, 15) is 8.42 Å². The minimum atomic E-state index is -3.62. The summed E-state index contributed by atoms with van der Waals surface area (Å²) in [6.07, 6.45) is 1.33. The van der Waals surface area contributed by atoms with Crippen LogP contribution in [-0.2, 0) is 14.8 Å². The van der Waals surface area contributed by atoms with Gasteiger partial charge in [0.05, 0.1) is 5.69 Å². The van der Waals surface area contributed by atoms with Crippen LogP contribution in [0.15, 0.2) is 17.0 Å². The fourth-order valence-electron chi connectivity index (χ4n) is 2.35. The molecule has 20 heavy (non-hydrogen) atoms. The van der Waals surface area contributed by atoms with E-state index in [1.54, 1.807) is 12.1 Å². The number of rotatable bonds is 3. The third-order valence-corrected chi connectivity index (χ3v) is 5.59. The van der Waals surface area contributed by atoms with Gasteiger partial charge in [0.25, 0.3) is 0 Å². The average molecular weight is 298 g/mol. The van der Waals surface area contributed by atoms with Crippen molar-refractivity contribution >= 4 is 15.7 Å². The van der Waals surface area contributed by atoms with Crippen LogP contribution in [0.5, 0.6) is 0 Å². The zero-order chi connectivity index (χ0) is 15.0. The minimum Gasteiger partial charge on any atom is -0.398 e. The van der Waals surface area contributed by atoms with Gasteiger partial charge in [-0.05, 0) is 56.9 Å². The van der Waals surface area contributed by atoms with Crippen molar-refractivity contribution in [3.05, 3.63) is 23.3 Å². The second-order valence-electron chi connectivity index (χ2n) is 5.75. The first-order valence-electron chi connectivity index (χ1n) is 6.72. The van der Waals surface area contributed by atoms with Gasteiger partial charge in [-0.1, -0.05) is 0 Å². The molecule has 0 atom stereocenters. The van der Waals surface area contributed by atoms with Crippen LogP contribution in [0.4, 0.5) is 5.69 Å². The maximum Gasteiger partial charge on any atom is 0.243 e. The molecule has 0 saturated carbocycles. The van der Waals surface area contributed by atoms with Crippen molar-refractivity contribution < 1.29 is 13.2 Å². The summed E-state index contributed by atoms with van der Waals surface area (Å²) in [6, 6.07) is 3.34. The number of hydrogen-bond donors (Lipinski definition) is 2. The molecule has 6 heteroatoms. The first kappa shape index (κ1) is 15.3. The molecule has 0 unspecified atom stereocenters. The Morgan fingerprint density at radius 2 is 1.75 bits per heavy atom. The van der Waals surface area contributed by atoms with Crippen LogP contribution in [0.1, 0.15) is 30.9 Å². The molecular formula is C14H22N2O3S. The smallest absolute Gasteiger partial charge is 0.243 e. The second-order valence-corrected chi connectivity index (χ2v) is 7.40. The highest BCUT2D eigenvalue weighted by molar-refractivity contribution is 7.89. The lowest BCUT2D eigenvalue weighted by atomic mass is 9.94. The average Bonchev–Trinajstić information content (AvgIpc) is 2.33. The predicted octanol–water partition coefficient (Wildman–Crippen LogP) is 1.73. The van der Waals surface area contributed by atoms with Crippen molar-refractivity contribution in [3.63, 3.8) is 0 Å². The number of anilines is 1. The SMILES string of the molecule is Cc1cc(N)c(S(=O)(=O)NC2(C)CCOCC2)cc1C. The molecule has 1 fully saturated rings. The topological polar surface area (TPSA) is 81.4 Å². The quantitative estimate of drug-likeness (QED) is 0.833. The van der Waals surface area contributed by atoms with E-state index in [1.165, 1.54) is 0 Å². The molecule has 1 aliphatic rings. The van der Waals surface area contributed by atoms with Crippen molar-refractivity contribution in [2.24, 2.45) is 0 Å². The van der Waals surface area contributed by atoms with Crippen LogP contribution in [0, 0.1) is 13.8 Å². The third kappa shape index (κ3) is 3.13. The summed E-state index contributed by atoms with van der Waals surface area (Å²) < 4.78 is 33.2. The molecule has 1 aromatic rings. The van der Waals surface area contributed by atoms with E-state index < -0.39 is 15.6 Å². The molecule has 5 nitrogen and oxygen atoms in total. The number of benzene rings is 1. The van der Waals surface area contributed by atoms with E-state index in [0.29, 0.717) is 26.1 Å². The fraction of sp³-hybridized carbons (Fsp3) is 0.571. The van der Waals surface area contributed by atoms with Gasteiger partial charge in [0.15, 0.2) is 0 Å². The monoisotopic (exact) mass is 298 g/mol. The minimum absolute atomic E-state index is 0.160. The Morgan fingerprint density at radius 1 is 1.20 bits per heavy atom. The molecule has 112 valence electrons. The van der Waals surface area contributed by atoms with Crippen LogP contribution >= 0.6 is 0 Å². The largest absolute Gasteiger partial charge is 0.398 e. The molecule has 1 aromatic carbocycles. The van der Waals surface area contributed by atoms with Gasteiger partial charge < -0.3 is 10.5 Å². The van der Waals surface area contributed by atoms with Gasteiger partial charge in [-0.15, -0.1) is 0 Å². The number of hydrogen-bond acceptors (Lipinski definition) is 4. The van der Waals surface area contributed by atoms with Gasteiger partial charge in [-0.2, -0.15) is 0 Å². The zero-order valence-electron chi connectivity index (χ0n) is 12.2. The van der Waals surface area contributed by atoms with Gasteiger partial charge in [-0.25, -0.2) is 13.1 Å². The normalized spacial score (nSPS) is 18.9. The maximum atomic E-state index is 12.6. The highest BCUT2D eigenvalue weighted by Crippen LogP contribution is 2.27. The van der Waals surface area contributed by atoms with Crippen LogP contribution < -0.4 is 10.5 Å². The van der Waals surface area contributed by atoms with Gasteiger partial charge in [0.2, 0.25) is 10.0 Å². The van der Waals surface area contributed by atoms with Crippen molar-refractivity contribution in [1.82, 2.24) is 4.72 Å². The Morgan fingerprint density at radius 3 is 2.35 bits per heavy atom. The van der Waals surface area contributed by atoms with E-state index in [-0.39, 0.29) is 10.6 Å². The summed E-state index contributed by atoms with van der Waals surface area (Å²) in [5.74, 6) is 0. The van der Waals surface area contributed by atoms with E-state index >= 15 is 0 Å². The number of sulfonamides is 1. The number of aryl methyl sites for hydroxylation is 2. The van der Waals surface area contributed by atoms with Crippen molar-refractivity contribution in [2.75, 3.05) is 18.9 Å². The second kappa shape index (κ2) is 5.35.